The van der Waals surface area contributed by atoms with Gasteiger partial charge < -0.3 is 25.2 Å². The predicted molar refractivity (Wildman–Crippen MR) is 69.0 cm³/mol. The zero-order chi connectivity index (χ0) is 13.6. The molecule has 0 saturated carbocycles. The summed E-state index contributed by atoms with van der Waals surface area (Å²) in [5.74, 6) is 0.234. The highest BCUT2D eigenvalue weighted by atomic mass is 16.5. The van der Waals surface area contributed by atoms with E-state index in [1.807, 2.05) is 0 Å². The van der Waals surface area contributed by atoms with Crippen molar-refractivity contribution < 1.29 is 19.4 Å². The van der Waals surface area contributed by atoms with E-state index in [0.29, 0.717) is 39.4 Å². The van der Waals surface area contributed by atoms with E-state index < -0.39 is 0 Å². The van der Waals surface area contributed by atoms with E-state index in [1.165, 1.54) is 0 Å². The molecule has 0 amide bonds. The molecule has 0 radical (unpaired) electrons. The Labute approximate surface area is 108 Å². The number of methoxy groups -OCH3 is 2. The predicted octanol–water partition coefficient (Wildman–Crippen LogP) is -0.266. The zero-order valence-electron chi connectivity index (χ0n) is 11.3. The summed E-state index contributed by atoms with van der Waals surface area (Å²) in [6.07, 6.45) is 0.526. The third kappa shape index (κ3) is 10.3. The summed E-state index contributed by atoms with van der Waals surface area (Å²) in [4.78, 5) is 2.15. The van der Waals surface area contributed by atoms with Gasteiger partial charge in [-0.3, -0.25) is 4.90 Å². The van der Waals surface area contributed by atoms with Crippen LogP contribution in [0.25, 0.3) is 0 Å². The SMILES string of the molecule is COCCOCCN(CCOC)CCC(N)=NO. The lowest BCUT2D eigenvalue weighted by Gasteiger charge is -2.21. The van der Waals surface area contributed by atoms with Crippen molar-refractivity contribution in [3.05, 3.63) is 0 Å². The van der Waals surface area contributed by atoms with Crippen molar-refractivity contribution >= 4 is 5.84 Å². The largest absolute Gasteiger partial charge is 0.409 e. The lowest BCUT2D eigenvalue weighted by Crippen LogP contribution is -2.34. The number of amidine groups is 1. The Balaban J connectivity index is 3.76. The molecule has 0 aromatic carbocycles. The minimum absolute atomic E-state index is 0.234. The number of nitrogens with two attached hydrogens (primary N) is 1. The van der Waals surface area contributed by atoms with Gasteiger partial charge in [0.1, 0.15) is 5.84 Å². The van der Waals surface area contributed by atoms with Gasteiger partial charge in [0.05, 0.1) is 26.4 Å². The van der Waals surface area contributed by atoms with Crippen molar-refractivity contribution in [1.29, 1.82) is 0 Å². The molecule has 7 nitrogen and oxygen atoms in total. The number of hydrogen-bond acceptors (Lipinski definition) is 6. The van der Waals surface area contributed by atoms with E-state index in [4.69, 9.17) is 25.2 Å². The molecule has 0 spiro atoms. The molecule has 0 bridgehead atoms. The van der Waals surface area contributed by atoms with Crippen molar-refractivity contribution in [3.63, 3.8) is 0 Å². The molecule has 0 fully saturated rings. The molecule has 7 heteroatoms. The second kappa shape index (κ2) is 12.6. The van der Waals surface area contributed by atoms with Crippen LogP contribution in [0.5, 0.6) is 0 Å². The number of rotatable bonds is 12. The van der Waals surface area contributed by atoms with Crippen LogP contribution in [0.15, 0.2) is 5.16 Å². The average molecular weight is 263 g/mol. The molecule has 0 atom stereocenters. The van der Waals surface area contributed by atoms with Gasteiger partial charge in [0.2, 0.25) is 0 Å². The molecular weight excluding hydrogens is 238 g/mol. The van der Waals surface area contributed by atoms with Crippen LogP contribution in [0.1, 0.15) is 6.42 Å². The fourth-order valence-electron chi connectivity index (χ4n) is 1.32. The second-order valence-electron chi connectivity index (χ2n) is 3.78. The number of ether oxygens (including phenoxy) is 3. The van der Waals surface area contributed by atoms with Gasteiger partial charge >= 0.3 is 0 Å². The summed E-state index contributed by atoms with van der Waals surface area (Å²) in [6, 6.07) is 0. The van der Waals surface area contributed by atoms with Crippen LogP contribution in [0.2, 0.25) is 0 Å². The molecule has 0 aliphatic carbocycles. The van der Waals surface area contributed by atoms with Gasteiger partial charge in [0, 0.05) is 40.3 Å². The average Bonchev–Trinajstić information content (AvgIpc) is 2.40. The van der Waals surface area contributed by atoms with E-state index in [2.05, 4.69) is 10.1 Å². The van der Waals surface area contributed by atoms with Gasteiger partial charge in [-0.2, -0.15) is 0 Å². The fourth-order valence-corrected chi connectivity index (χ4v) is 1.32. The summed E-state index contributed by atoms with van der Waals surface area (Å²) >= 11 is 0. The molecule has 3 N–H and O–H groups in total. The summed E-state index contributed by atoms with van der Waals surface area (Å²) in [5, 5.41) is 11.4. The molecule has 0 rings (SSSR count). The monoisotopic (exact) mass is 263 g/mol. The first-order valence-corrected chi connectivity index (χ1v) is 5.99. The molecule has 0 aromatic heterocycles. The summed E-state index contributed by atoms with van der Waals surface area (Å²) in [6.45, 7) is 4.76. The Bertz CT molecular complexity index is 214. The lowest BCUT2D eigenvalue weighted by molar-refractivity contribution is 0.0527. The fraction of sp³-hybridized carbons (Fsp3) is 0.909. The first kappa shape index (κ1) is 17.1. The molecule has 0 heterocycles. The van der Waals surface area contributed by atoms with Crippen molar-refractivity contribution in [2.45, 2.75) is 6.42 Å². The quantitative estimate of drug-likeness (QED) is 0.166. The van der Waals surface area contributed by atoms with Crippen molar-refractivity contribution in [2.24, 2.45) is 10.9 Å². The maximum atomic E-state index is 8.48. The van der Waals surface area contributed by atoms with Crippen molar-refractivity contribution in [3.8, 4) is 0 Å². The van der Waals surface area contributed by atoms with Gasteiger partial charge in [-0.15, -0.1) is 0 Å². The van der Waals surface area contributed by atoms with E-state index >= 15 is 0 Å². The van der Waals surface area contributed by atoms with Gasteiger partial charge in [-0.1, -0.05) is 5.16 Å². The zero-order valence-corrected chi connectivity index (χ0v) is 11.3. The maximum Gasteiger partial charge on any atom is 0.140 e. The highest BCUT2D eigenvalue weighted by molar-refractivity contribution is 5.79. The van der Waals surface area contributed by atoms with Crippen LogP contribution < -0.4 is 5.73 Å². The van der Waals surface area contributed by atoms with Crippen LogP contribution in [0, 0.1) is 0 Å². The van der Waals surface area contributed by atoms with Gasteiger partial charge in [-0.25, -0.2) is 0 Å². The van der Waals surface area contributed by atoms with E-state index in [0.717, 1.165) is 13.1 Å². The topological polar surface area (TPSA) is 89.5 Å². The Morgan fingerprint density at radius 2 is 1.72 bits per heavy atom. The van der Waals surface area contributed by atoms with Crippen LogP contribution in [0.4, 0.5) is 0 Å². The second-order valence-corrected chi connectivity index (χ2v) is 3.78. The van der Waals surface area contributed by atoms with Crippen molar-refractivity contribution in [2.75, 3.05) is 60.3 Å². The van der Waals surface area contributed by atoms with E-state index in [9.17, 15) is 0 Å². The molecule has 0 aliphatic heterocycles. The Morgan fingerprint density at radius 3 is 2.33 bits per heavy atom. The molecule has 0 aromatic rings. The van der Waals surface area contributed by atoms with Crippen LogP contribution in [-0.2, 0) is 14.2 Å². The van der Waals surface area contributed by atoms with E-state index in [-0.39, 0.29) is 5.84 Å². The molecule has 0 unspecified atom stereocenters. The summed E-state index contributed by atoms with van der Waals surface area (Å²) in [7, 11) is 3.31. The van der Waals surface area contributed by atoms with Crippen LogP contribution in [-0.4, -0.2) is 76.2 Å². The van der Waals surface area contributed by atoms with Crippen LogP contribution in [0.3, 0.4) is 0 Å². The Kier molecular flexibility index (Phi) is 11.9. The highest BCUT2D eigenvalue weighted by Gasteiger charge is 2.06. The third-order valence-electron chi connectivity index (χ3n) is 2.41. The molecule has 108 valence electrons. The molecule has 18 heavy (non-hydrogen) atoms. The molecular formula is C11H25N3O4. The standard InChI is InChI=1S/C11H25N3O4/c1-16-7-5-14(4-3-11(12)13-15)6-8-18-10-9-17-2/h15H,3-10H2,1-2H3,(H2,12,13). The number of oxime groups is 1. The molecule has 0 saturated heterocycles. The van der Waals surface area contributed by atoms with Gasteiger partial charge in [0.25, 0.3) is 0 Å². The normalized spacial score (nSPS) is 12.3. The maximum absolute atomic E-state index is 8.48. The number of nitrogens with zero attached hydrogens (tertiary/aromatic N) is 2. The lowest BCUT2D eigenvalue weighted by atomic mass is 10.3. The highest BCUT2D eigenvalue weighted by Crippen LogP contribution is 1.93. The first-order chi connectivity index (χ1) is 8.74. The van der Waals surface area contributed by atoms with Gasteiger partial charge in [-0.05, 0) is 0 Å². The van der Waals surface area contributed by atoms with Crippen molar-refractivity contribution in [1.82, 2.24) is 4.90 Å². The minimum atomic E-state index is 0.234. The third-order valence-corrected chi connectivity index (χ3v) is 2.41. The van der Waals surface area contributed by atoms with Gasteiger partial charge in [0.15, 0.2) is 0 Å². The smallest absolute Gasteiger partial charge is 0.140 e. The Morgan fingerprint density at radius 1 is 1.06 bits per heavy atom. The molecule has 0 aliphatic rings. The van der Waals surface area contributed by atoms with E-state index in [1.54, 1.807) is 14.2 Å². The van der Waals surface area contributed by atoms with Crippen LogP contribution >= 0.6 is 0 Å². The first-order valence-electron chi connectivity index (χ1n) is 5.99. The summed E-state index contributed by atoms with van der Waals surface area (Å²) in [5.41, 5.74) is 5.44. The summed E-state index contributed by atoms with van der Waals surface area (Å²) < 4.78 is 15.3. The Hall–Kier alpha value is -0.890. The minimum Gasteiger partial charge on any atom is -0.409 e. The number of hydrogen-bond donors (Lipinski definition) is 2.